The van der Waals surface area contributed by atoms with Crippen molar-refractivity contribution in [2.24, 2.45) is 5.92 Å². The quantitative estimate of drug-likeness (QED) is 0.393. The van der Waals surface area contributed by atoms with Crippen LogP contribution in [-0.4, -0.2) is 55.5 Å². The maximum absolute atomic E-state index is 11.7. The first-order valence-electron chi connectivity index (χ1n) is 5.67. The van der Waals surface area contributed by atoms with Crippen molar-refractivity contribution in [3.05, 3.63) is 22.7 Å². The van der Waals surface area contributed by atoms with E-state index < -0.39 is 30.0 Å². The molecule has 9 heteroatoms. The average Bonchev–Trinajstić information content (AvgIpc) is 2.74. The van der Waals surface area contributed by atoms with Gasteiger partial charge in [0.15, 0.2) is 12.0 Å². The maximum Gasteiger partial charge on any atom is 0.351 e. The number of rotatable bonds is 4. The minimum Gasteiger partial charge on any atom is -0.396 e. The fourth-order valence-corrected chi connectivity index (χ4v) is 2.09. The van der Waals surface area contributed by atoms with Crippen LogP contribution in [0.15, 0.2) is 17.1 Å². The zero-order chi connectivity index (χ0) is 14.0. The van der Waals surface area contributed by atoms with E-state index in [1.54, 1.807) is 5.48 Å². The van der Waals surface area contributed by atoms with E-state index in [-0.39, 0.29) is 19.0 Å². The molecule has 0 amide bonds. The van der Waals surface area contributed by atoms with Crippen molar-refractivity contribution in [1.29, 1.82) is 0 Å². The highest BCUT2D eigenvalue weighted by Crippen LogP contribution is 2.32. The summed E-state index contributed by atoms with van der Waals surface area (Å²) in [4.78, 5) is 15.2. The molecule has 0 aromatic carbocycles. The summed E-state index contributed by atoms with van der Waals surface area (Å²) in [5.74, 6) is -0.719. The van der Waals surface area contributed by atoms with Crippen molar-refractivity contribution < 1.29 is 25.3 Å². The van der Waals surface area contributed by atoms with Crippen LogP contribution < -0.4 is 11.2 Å². The number of hydrogen-bond donors (Lipinski definition) is 5. The van der Waals surface area contributed by atoms with Crippen LogP contribution in [-0.2, 0) is 4.74 Å². The molecule has 0 spiro atoms. The summed E-state index contributed by atoms with van der Waals surface area (Å²) in [6, 6.07) is 1.32. The number of aliphatic hydroxyl groups excluding tert-OH is 3. The number of hydrogen-bond acceptors (Lipinski definition) is 8. The van der Waals surface area contributed by atoms with E-state index in [2.05, 4.69) is 4.98 Å². The Morgan fingerprint density at radius 1 is 1.42 bits per heavy atom. The smallest absolute Gasteiger partial charge is 0.351 e. The van der Waals surface area contributed by atoms with Gasteiger partial charge in [0, 0.05) is 12.1 Å². The number of aliphatic hydroxyl groups is 3. The van der Waals surface area contributed by atoms with E-state index in [9.17, 15) is 9.90 Å². The van der Waals surface area contributed by atoms with Gasteiger partial charge in [-0.1, -0.05) is 0 Å². The van der Waals surface area contributed by atoms with Gasteiger partial charge in [-0.25, -0.2) is 4.79 Å². The molecule has 0 aliphatic carbocycles. The summed E-state index contributed by atoms with van der Waals surface area (Å²) in [5.41, 5.74) is 0.991. The van der Waals surface area contributed by atoms with Gasteiger partial charge in [-0.3, -0.25) is 15.3 Å². The van der Waals surface area contributed by atoms with Crippen LogP contribution in [0.2, 0.25) is 0 Å². The van der Waals surface area contributed by atoms with E-state index in [1.807, 2.05) is 0 Å². The molecule has 1 aliphatic rings. The van der Waals surface area contributed by atoms with Gasteiger partial charge in [0.1, 0.15) is 6.10 Å². The van der Waals surface area contributed by atoms with Crippen molar-refractivity contribution in [3.63, 3.8) is 0 Å². The molecular formula is C10H15N3O6. The number of ether oxygens (including phenoxy) is 1. The molecule has 0 radical (unpaired) electrons. The first kappa shape index (κ1) is 13.9. The third-order valence-electron chi connectivity index (χ3n) is 3.13. The van der Waals surface area contributed by atoms with Crippen molar-refractivity contribution >= 4 is 5.82 Å². The summed E-state index contributed by atoms with van der Waals surface area (Å²) in [7, 11) is 0. The number of nitrogens with one attached hydrogen (secondary N) is 1. The van der Waals surface area contributed by atoms with Gasteiger partial charge in [-0.2, -0.15) is 4.98 Å². The Bertz CT molecular complexity index is 492. The Hall–Kier alpha value is -1.52. The molecule has 1 aromatic heterocycles. The first-order valence-corrected chi connectivity index (χ1v) is 5.67. The Morgan fingerprint density at radius 3 is 2.63 bits per heavy atom. The standard InChI is InChI=1S/C10H15N3O6/c14-3-5-6(4-15)19-9(8(5)16)13-2-1-7(12-18)11-10(13)17/h1-2,5-6,8-9,14-16,18H,3-4H2,(H,11,12,17)/t5?,6-,8+,9-/m1/s1. The van der Waals surface area contributed by atoms with Crippen molar-refractivity contribution in [2.75, 3.05) is 18.7 Å². The van der Waals surface area contributed by atoms with Crippen LogP contribution in [0, 0.1) is 5.92 Å². The highest BCUT2D eigenvalue weighted by molar-refractivity contribution is 5.28. The summed E-state index contributed by atoms with van der Waals surface area (Å²) >= 11 is 0. The third-order valence-corrected chi connectivity index (χ3v) is 3.13. The SMILES string of the molecule is O=c1nc(NO)ccn1[C@@H]1O[C@H](CO)C(CO)[C@@H]1O. The molecule has 1 saturated heterocycles. The molecule has 2 rings (SSSR count). The maximum atomic E-state index is 11.7. The van der Waals surface area contributed by atoms with Crippen LogP contribution in [0.25, 0.3) is 0 Å². The van der Waals surface area contributed by atoms with Crippen LogP contribution in [0.3, 0.4) is 0 Å². The van der Waals surface area contributed by atoms with E-state index >= 15 is 0 Å². The molecule has 5 N–H and O–H groups in total. The normalized spacial score (nSPS) is 30.5. The zero-order valence-electron chi connectivity index (χ0n) is 9.88. The van der Waals surface area contributed by atoms with Crippen LogP contribution in [0.4, 0.5) is 5.82 Å². The van der Waals surface area contributed by atoms with Gasteiger partial charge in [0.05, 0.1) is 19.3 Å². The van der Waals surface area contributed by atoms with Crippen LogP contribution in [0.5, 0.6) is 0 Å². The van der Waals surface area contributed by atoms with E-state index in [0.29, 0.717) is 0 Å². The number of aromatic nitrogens is 2. The predicted octanol–water partition coefficient (Wildman–Crippen LogP) is -2.10. The molecule has 4 atom stereocenters. The lowest BCUT2D eigenvalue weighted by molar-refractivity contribution is -0.0538. The second-order valence-corrected chi connectivity index (χ2v) is 4.20. The fraction of sp³-hybridized carbons (Fsp3) is 0.600. The minimum atomic E-state index is -1.14. The van der Waals surface area contributed by atoms with Crippen LogP contribution in [0.1, 0.15) is 6.23 Å². The molecule has 19 heavy (non-hydrogen) atoms. The number of nitrogens with zero attached hydrogens (tertiary/aromatic N) is 2. The van der Waals surface area contributed by atoms with Crippen molar-refractivity contribution in [3.8, 4) is 0 Å². The second kappa shape index (κ2) is 5.63. The van der Waals surface area contributed by atoms with Gasteiger partial charge in [0.2, 0.25) is 0 Å². The van der Waals surface area contributed by atoms with Gasteiger partial charge in [0.25, 0.3) is 0 Å². The topological polar surface area (TPSA) is 137 Å². The molecule has 1 aromatic rings. The summed E-state index contributed by atoms with van der Waals surface area (Å²) in [5, 5.41) is 36.9. The highest BCUT2D eigenvalue weighted by atomic mass is 16.5. The monoisotopic (exact) mass is 273 g/mol. The molecule has 9 nitrogen and oxygen atoms in total. The summed E-state index contributed by atoms with van der Waals surface area (Å²) < 4.78 is 6.38. The molecule has 2 heterocycles. The third kappa shape index (κ3) is 2.46. The Morgan fingerprint density at radius 2 is 2.16 bits per heavy atom. The Kier molecular flexibility index (Phi) is 4.12. The van der Waals surface area contributed by atoms with E-state index in [1.165, 1.54) is 12.3 Å². The van der Waals surface area contributed by atoms with Gasteiger partial charge < -0.3 is 20.1 Å². The van der Waals surface area contributed by atoms with Gasteiger partial charge >= 0.3 is 5.69 Å². The molecule has 1 fully saturated rings. The first-order chi connectivity index (χ1) is 9.12. The lowest BCUT2D eigenvalue weighted by Crippen LogP contribution is -2.34. The summed E-state index contributed by atoms with van der Waals surface area (Å²) in [6.45, 7) is -0.751. The van der Waals surface area contributed by atoms with E-state index in [0.717, 1.165) is 4.57 Å². The minimum absolute atomic E-state index is 0.0360. The fourth-order valence-electron chi connectivity index (χ4n) is 2.09. The zero-order valence-corrected chi connectivity index (χ0v) is 9.88. The predicted molar refractivity (Wildman–Crippen MR) is 61.5 cm³/mol. The van der Waals surface area contributed by atoms with Gasteiger partial charge in [-0.15, -0.1) is 0 Å². The molecular weight excluding hydrogens is 258 g/mol. The van der Waals surface area contributed by atoms with E-state index in [4.69, 9.17) is 20.2 Å². The molecule has 0 bridgehead atoms. The number of anilines is 1. The highest BCUT2D eigenvalue weighted by Gasteiger charge is 2.44. The van der Waals surface area contributed by atoms with Crippen molar-refractivity contribution in [1.82, 2.24) is 9.55 Å². The molecule has 0 saturated carbocycles. The van der Waals surface area contributed by atoms with Crippen LogP contribution >= 0.6 is 0 Å². The molecule has 1 aliphatic heterocycles. The molecule has 106 valence electrons. The second-order valence-electron chi connectivity index (χ2n) is 4.20. The lowest BCUT2D eigenvalue weighted by atomic mass is 9.99. The lowest BCUT2D eigenvalue weighted by Gasteiger charge is -2.18. The average molecular weight is 273 g/mol. The molecule has 1 unspecified atom stereocenters. The van der Waals surface area contributed by atoms with Gasteiger partial charge in [-0.05, 0) is 6.07 Å². The van der Waals surface area contributed by atoms with Crippen molar-refractivity contribution in [2.45, 2.75) is 18.4 Å². The summed E-state index contributed by atoms with van der Waals surface area (Å²) in [6.07, 6.45) is -1.65. The Balaban J connectivity index is 2.30. The Labute approximate surface area is 107 Å². The largest absolute Gasteiger partial charge is 0.396 e.